The van der Waals surface area contributed by atoms with Crippen molar-refractivity contribution in [1.29, 1.82) is 0 Å². The third kappa shape index (κ3) is 2.19. The Bertz CT molecular complexity index is 426. The summed E-state index contributed by atoms with van der Waals surface area (Å²) in [4.78, 5) is 11.2. The van der Waals surface area contributed by atoms with Crippen LogP contribution in [0.1, 0.15) is 24.3 Å². The maximum absolute atomic E-state index is 11.2. The Morgan fingerprint density at radius 2 is 1.94 bits per heavy atom. The van der Waals surface area contributed by atoms with E-state index >= 15 is 0 Å². The van der Waals surface area contributed by atoms with Gasteiger partial charge in [0.1, 0.15) is 0 Å². The maximum Gasteiger partial charge on any atom is 0.307 e. The van der Waals surface area contributed by atoms with Gasteiger partial charge in [0.15, 0.2) is 0 Å². The largest absolute Gasteiger partial charge is 0.481 e. The minimum absolute atomic E-state index is 0.0816. The fourth-order valence-electron chi connectivity index (χ4n) is 2.21. The number of benzene rings is 1. The number of halogens is 1. The third-order valence-electron chi connectivity index (χ3n) is 3.05. The minimum atomic E-state index is -0.704. The molecule has 1 aromatic carbocycles. The van der Waals surface area contributed by atoms with Crippen molar-refractivity contribution < 1.29 is 9.90 Å². The van der Waals surface area contributed by atoms with Gasteiger partial charge in [-0.2, -0.15) is 0 Å². The predicted octanol–water partition coefficient (Wildman–Crippen LogP) is 3.58. The summed E-state index contributed by atoms with van der Waals surface area (Å²) < 4.78 is 1.00. The molecule has 0 spiro atoms. The number of hydrogen-bond donors (Lipinski definition) is 1. The summed E-state index contributed by atoms with van der Waals surface area (Å²) in [5.41, 5.74) is 1.10. The van der Waals surface area contributed by atoms with Crippen molar-refractivity contribution in [1.82, 2.24) is 0 Å². The molecule has 0 aliphatic heterocycles. The molecule has 2 atom stereocenters. The summed E-state index contributed by atoms with van der Waals surface area (Å²) in [6.45, 7) is 0. The molecule has 84 valence electrons. The van der Waals surface area contributed by atoms with Gasteiger partial charge in [0.25, 0.3) is 0 Å². The van der Waals surface area contributed by atoms with Gasteiger partial charge in [0, 0.05) is 10.4 Å². The van der Waals surface area contributed by atoms with Crippen molar-refractivity contribution in [3.05, 3.63) is 46.5 Å². The van der Waals surface area contributed by atoms with Crippen molar-refractivity contribution in [2.45, 2.75) is 18.8 Å². The van der Waals surface area contributed by atoms with Crippen LogP contribution in [0, 0.1) is 5.92 Å². The first-order chi connectivity index (χ1) is 7.70. The molecule has 0 fully saturated rings. The first kappa shape index (κ1) is 11.4. The van der Waals surface area contributed by atoms with Crippen LogP contribution in [0.4, 0.5) is 0 Å². The van der Waals surface area contributed by atoms with E-state index in [1.807, 2.05) is 30.3 Å². The number of hydrogen-bond acceptors (Lipinski definition) is 1. The summed E-state index contributed by atoms with van der Waals surface area (Å²) in [5, 5.41) is 9.21. The van der Waals surface area contributed by atoms with Crippen LogP contribution in [-0.4, -0.2) is 11.1 Å². The van der Waals surface area contributed by atoms with Crippen LogP contribution in [0.25, 0.3) is 0 Å². The quantitative estimate of drug-likeness (QED) is 0.841. The van der Waals surface area contributed by atoms with E-state index in [2.05, 4.69) is 22.0 Å². The SMILES string of the molecule is O=C(O)C1CC=CCC1c1ccccc1Br. The molecule has 0 radical (unpaired) electrons. The fraction of sp³-hybridized carbons (Fsp3) is 0.308. The highest BCUT2D eigenvalue weighted by atomic mass is 79.9. The van der Waals surface area contributed by atoms with E-state index in [1.165, 1.54) is 0 Å². The Morgan fingerprint density at radius 3 is 2.62 bits per heavy atom. The number of allylic oxidation sites excluding steroid dienone is 2. The molecule has 2 rings (SSSR count). The molecule has 3 heteroatoms. The Balaban J connectivity index is 2.35. The lowest BCUT2D eigenvalue weighted by Crippen LogP contribution is -2.23. The second kappa shape index (κ2) is 4.83. The molecule has 16 heavy (non-hydrogen) atoms. The van der Waals surface area contributed by atoms with E-state index in [1.54, 1.807) is 0 Å². The zero-order valence-corrected chi connectivity index (χ0v) is 10.4. The van der Waals surface area contributed by atoms with Gasteiger partial charge in [0.2, 0.25) is 0 Å². The standard InChI is InChI=1S/C13H13BrO2/c14-12-8-4-3-6-10(12)9-5-1-2-7-11(9)13(15)16/h1-4,6,8-9,11H,5,7H2,(H,15,16). The predicted molar refractivity (Wildman–Crippen MR) is 66.4 cm³/mol. The van der Waals surface area contributed by atoms with Crippen LogP contribution in [0.2, 0.25) is 0 Å². The third-order valence-corrected chi connectivity index (χ3v) is 3.78. The summed E-state index contributed by atoms with van der Waals surface area (Å²) in [6, 6.07) is 7.87. The fourth-order valence-corrected chi connectivity index (χ4v) is 2.79. The van der Waals surface area contributed by atoms with Crippen molar-refractivity contribution in [2.75, 3.05) is 0 Å². The van der Waals surface area contributed by atoms with Crippen LogP contribution in [0.3, 0.4) is 0 Å². The Kier molecular flexibility index (Phi) is 3.44. The van der Waals surface area contributed by atoms with E-state index in [9.17, 15) is 9.90 Å². The summed E-state index contributed by atoms with van der Waals surface area (Å²) in [5.74, 6) is -0.924. The van der Waals surface area contributed by atoms with Gasteiger partial charge in [-0.25, -0.2) is 0 Å². The molecule has 0 bridgehead atoms. The van der Waals surface area contributed by atoms with Gasteiger partial charge in [-0.05, 0) is 24.5 Å². The van der Waals surface area contributed by atoms with E-state index in [0.717, 1.165) is 16.5 Å². The highest BCUT2D eigenvalue weighted by molar-refractivity contribution is 9.10. The van der Waals surface area contributed by atoms with Crippen molar-refractivity contribution in [3.63, 3.8) is 0 Å². The van der Waals surface area contributed by atoms with E-state index in [4.69, 9.17) is 0 Å². The van der Waals surface area contributed by atoms with Crippen LogP contribution in [0.5, 0.6) is 0 Å². The topological polar surface area (TPSA) is 37.3 Å². The van der Waals surface area contributed by atoms with Crippen LogP contribution in [0.15, 0.2) is 40.9 Å². The molecule has 1 aliphatic rings. The second-order valence-electron chi connectivity index (χ2n) is 4.02. The lowest BCUT2D eigenvalue weighted by Gasteiger charge is -2.26. The maximum atomic E-state index is 11.2. The number of aliphatic carboxylic acids is 1. The molecule has 0 saturated carbocycles. The average Bonchev–Trinajstić information content (AvgIpc) is 2.29. The lowest BCUT2D eigenvalue weighted by molar-refractivity contribution is -0.142. The molecule has 0 saturated heterocycles. The van der Waals surface area contributed by atoms with Crippen LogP contribution in [-0.2, 0) is 4.79 Å². The van der Waals surface area contributed by atoms with Crippen LogP contribution < -0.4 is 0 Å². The van der Waals surface area contributed by atoms with Gasteiger partial charge in [-0.1, -0.05) is 46.3 Å². The van der Waals surface area contributed by atoms with Crippen LogP contribution >= 0.6 is 15.9 Å². The summed E-state index contributed by atoms with van der Waals surface area (Å²) >= 11 is 3.49. The molecule has 1 N–H and O–H groups in total. The molecular weight excluding hydrogens is 268 g/mol. The molecule has 2 unspecified atom stereocenters. The smallest absolute Gasteiger partial charge is 0.307 e. The lowest BCUT2D eigenvalue weighted by atomic mass is 9.78. The van der Waals surface area contributed by atoms with Gasteiger partial charge >= 0.3 is 5.97 Å². The van der Waals surface area contributed by atoms with Gasteiger partial charge in [-0.3, -0.25) is 4.79 Å². The van der Waals surface area contributed by atoms with E-state index in [-0.39, 0.29) is 11.8 Å². The Labute approximate surface area is 103 Å². The first-order valence-electron chi connectivity index (χ1n) is 5.32. The van der Waals surface area contributed by atoms with Crippen molar-refractivity contribution in [3.8, 4) is 0 Å². The normalized spacial score (nSPS) is 24.3. The zero-order chi connectivity index (χ0) is 11.5. The molecule has 0 heterocycles. The molecule has 0 amide bonds. The second-order valence-corrected chi connectivity index (χ2v) is 4.87. The zero-order valence-electron chi connectivity index (χ0n) is 8.77. The molecular formula is C13H13BrO2. The summed E-state index contributed by atoms with van der Waals surface area (Å²) in [6.07, 6.45) is 5.47. The number of carboxylic acid groups (broad SMARTS) is 1. The summed E-state index contributed by atoms with van der Waals surface area (Å²) in [7, 11) is 0. The van der Waals surface area contributed by atoms with Crippen molar-refractivity contribution in [2.24, 2.45) is 5.92 Å². The average molecular weight is 281 g/mol. The number of carboxylic acids is 1. The first-order valence-corrected chi connectivity index (χ1v) is 6.11. The monoisotopic (exact) mass is 280 g/mol. The minimum Gasteiger partial charge on any atom is -0.481 e. The van der Waals surface area contributed by atoms with Gasteiger partial charge in [-0.15, -0.1) is 0 Å². The van der Waals surface area contributed by atoms with E-state index in [0.29, 0.717) is 6.42 Å². The molecule has 1 aliphatic carbocycles. The highest BCUT2D eigenvalue weighted by Gasteiger charge is 2.30. The van der Waals surface area contributed by atoms with Gasteiger partial charge in [0.05, 0.1) is 5.92 Å². The number of rotatable bonds is 2. The molecule has 0 aromatic heterocycles. The molecule has 2 nitrogen and oxygen atoms in total. The molecule has 1 aromatic rings. The van der Waals surface area contributed by atoms with E-state index < -0.39 is 5.97 Å². The Hall–Kier alpha value is -1.09. The van der Waals surface area contributed by atoms with Gasteiger partial charge < -0.3 is 5.11 Å². The number of carbonyl (C=O) groups is 1. The highest BCUT2D eigenvalue weighted by Crippen LogP contribution is 2.37. The van der Waals surface area contributed by atoms with Crippen molar-refractivity contribution >= 4 is 21.9 Å². The Morgan fingerprint density at radius 1 is 1.25 bits per heavy atom.